The van der Waals surface area contributed by atoms with Crippen molar-refractivity contribution in [2.45, 2.75) is 24.0 Å². The zero-order chi connectivity index (χ0) is 18.6. The molecule has 1 unspecified atom stereocenters. The summed E-state index contributed by atoms with van der Waals surface area (Å²) >= 11 is 8.82. The van der Waals surface area contributed by atoms with Crippen molar-refractivity contribution >= 4 is 40.6 Å². The first-order chi connectivity index (χ1) is 13.2. The Hall–Kier alpha value is -1.90. The Bertz CT molecular complexity index is 898. The van der Waals surface area contributed by atoms with Crippen molar-refractivity contribution in [1.82, 2.24) is 20.1 Å². The van der Waals surface area contributed by atoms with Crippen LogP contribution in [0, 0.1) is 0 Å². The minimum atomic E-state index is 0.0903. The Morgan fingerprint density at radius 2 is 2.19 bits per heavy atom. The summed E-state index contributed by atoms with van der Waals surface area (Å²) in [5.41, 5.74) is 0.799. The van der Waals surface area contributed by atoms with E-state index in [1.807, 2.05) is 28.6 Å². The predicted molar refractivity (Wildman–Crippen MR) is 106 cm³/mol. The van der Waals surface area contributed by atoms with Crippen molar-refractivity contribution in [2.75, 3.05) is 18.8 Å². The molecule has 0 radical (unpaired) electrons. The molecule has 0 bridgehead atoms. The lowest BCUT2D eigenvalue weighted by atomic mass is 9.99. The molecule has 1 aromatic carbocycles. The smallest absolute Gasteiger partial charge is 0.277 e. The Morgan fingerprint density at radius 1 is 1.33 bits per heavy atom. The maximum absolute atomic E-state index is 12.6. The van der Waals surface area contributed by atoms with Gasteiger partial charge >= 0.3 is 0 Å². The van der Waals surface area contributed by atoms with Crippen LogP contribution in [0.1, 0.15) is 23.8 Å². The first-order valence-electron chi connectivity index (χ1n) is 8.58. The van der Waals surface area contributed by atoms with E-state index in [0.29, 0.717) is 22.1 Å². The average Bonchev–Trinajstić information content (AvgIpc) is 3.39. The standard InChI is InChI=1S/C18H17ClN4O2S2/c19-14-5-3-12(4-6-14)16-21-22-18(25-16)27-11-15(24)23-8-1-2-13(10-23)17-20-7-9-26-17/h3-7,9,13H,1-2,8,10-11H2. The number of nitrogens with zero attached hydrogens (tertiary/aromatic N) is 4. The van der Waals surface area contributed by atoms with Crippen molar-refractivity contribution in [2.24, 2.45) is 0 Å². The molecule has 9 heteroatoms. The highest BCUT2D eigenvalue weighted by atomic mass is 35.5. The molecule has 3 aromatic rings. The van der Waals surface area contributed by atoms with Gasteiger partial charge in [0.15, 0.2) is 0 Å². The highest BCUT2D eigenvalue weighted by Gasteiger charge is 2.26. The van der Waals surface area contributed by atoms with E-state index in [4.69, 9.17) is 16.0 Å². The van der Waals surface area contributed by atoms with Crippen molar-refractivity contribution in [1.29, 1.82) is 0 Å². The van der Waals surface area contributed by atoms with Gasteiger partial charge in [0.1, 0.15) is 0 Å². The summed E-state index contributed by atoms with van der Waals surface area (Å²) in [5.74, 6) is 1.14. The number of thioether (sulfide) groups is 1. The number of hydrogen-bond acceptors (Lipinski definition) is 7. The summed E-state index contributed by atoms with van der Waals surface area (Å²) in [4.78, 5) is 18.9. The number of benzene rings is 1. The number of piperidine rings is 1. The third-order valence-corrected chi connectivity index (χ3v) is 6.38. The summed E-state index contributed by atoms with van der Waals surface area (Å²) in [7, 11) is 0. The molecular formula is C18H17ClN4O2S2. The minimum Gasteiger partial charge on any atom is -0.411 e. The molecule has 1 fully saturated rings. The van der Waals surface area contributed by atoms with Gasteiger partial charge in [-0.15, -0.1) is 21.5 Å². The van der Waals surface area contributed by atoms with Gasteiger partial charge in [0, 0.05) is 41.2 Å². The first kappa shape index (κ1) is 18.5. The molecule has 6 nitrogen and oxygen atoms in total. The second-order valence-electron chi connectivity index (χ2n) is 6.22. The molecule has 1 atom stereocenters. The van der Waals surface area contributed by atoms with Crippen LogP contribution < -0.4 is 0 Å². The molecule has 0 N–H and O–H groups in total. The molecule has 1 aliphatic rings. The van der Waals surface area contributed by atoms with Gasteiger partial charge in [-0.3, -0.25) is 4.79 Å². The van der Waals surface area contributed by atoms with Gasteiger partial charge in [-0.2, -0.15) is 0 Å². The zero-order valence-corrected chi connectivity index (χ0v) is 16.8. The number of carbonyl (C=O) groups excluding carboxylic acids is 1. The van der Waals surface area contributed by atoms with Crippen molar-refractivity contribution in [3.63, 3.8) is 0 Å². The van der Waals surface area contributed by atoms with E-state index in [1.54, 1.807) is 23.5 Å². The lowest BCUT2D eigenvalue weighted by Gasteiger charge is -2.31. The third-order valence-electron chi connectivity index (χ3n) is 4.39. The number of aromatic nitrogens is 3. The molecule has 0 spiro atoms. The number of carbonyl (C=O) groups is 1. The van der Waals surface area contributed by atoms with E-state index >= 15 is 0 Å². The second kappa shape index (κ2) is 8.41. The van der Waals surface area contributed by atoms with Gasteiger partial charge in [0.25, 0.3) is 5.22 Å². The highest BCUT2D eigenvalue weighted by molar-refractivity contribution is 7.99. The Kier molecular flexibility index (Phi) is 5.75. The van der Waals surface area contributed by atoms with Crippen LogP contribution in [0.15, 0.2) is 45.5 Å². The van der Waals surface area contributed by atoms with Crippen LogP contribution in [0.5, 0.6) is 0 Å². The van der Waals surface area contributed by atoms with Crippen LogP contribution in [-0.4, -0.2) is 44.8 Å². The Morgan fingerprint density at radius 3 is 2.96 bits per heavy atom. The van der Waals surface area contributed by atoms with Gasteiger partial charge in [-0.05, 0) is 37.1 Å². The fourth-order valence-corrected chi connectivity index (χ4v) is 4.59. The largest absolute Gasteiger partial charge is 0.411 e. The van der Waals surface area contributed by atoms with Crippen LogP contribution >= 0.6 is 34.7 Å². The lowest BCUT2D eigenvalue weighted by molar-refractivity contribution is -0.129. The first-order valence-corrected chi connectivity index (χ1v) is 10.8. The molecule has 0 aliphatic carbocycles. The van der Waals surface area contributed by atoms with E-state index in [0.717, 1.165) is 36.5 Å². The van der Waals surface area contributed by atoms with E-state index in [9.17, 15) is 4.79 Å². The molecule has 2 aromatic heterocycles. The van der Waals surface area contributed by atoms with Gasteiger partial charge in [0.05, 0.1) is 10.8 Å². The number of halogens is 1. The fraction of sp³-hybridized carbons (Fsp3) is 0.333. The molecular weight excluding hydrogens is 404 g/mol. The zero-order valence-electron chi connectivity index (χ0n) is 14.4. The van der Waals surface area contributed by atoms with Gasteiger partial charge in [-0.1, -0.05) is 23.4 Å². The van der Waals surface area contributed by atoms with Crippen LogP contribution in [0.2, 0.25) is 5.02 Å². The highest BCUT2D eigenvalue weighted by Crippen LogP contribution is 2.29. The van der Waals surface area contributed by atoms with E-state index in [2.05, 4.69) is 15.2 Å². The van der Waals surface area contributed by atoms with E-state index in [-0.39, 0.29) is 11.7 Å². The van der Waals surface area contributed by atoms with Crippen LogP contribution in [0.25, 0.3) is 11.5 Å². The topological polar surface area (TPSA) is 72.1 Å². The average molecular weight is 421 g/mol. The minimum absolute atomic E-state index is 0.0903. The third kappa shape index (κ3) is 4.51. The monoisotopic (exact) mass is 420 g/mol. The summed E-state index contributed by atoms with van der Waals surface area (Å²) in [6, 6.07) is 7.18. The molecule has 3 heterocycles. The molecule has 1 saturated heterocycles. The van der Waals surface area contributed by atoms with Crippen LogP contribution in [0.4, 0.5) is 0 Å². The number of amides is 1. The van der Waals surface area contributed by atoms with E-state index < -0.39 is 0 Å². The predicted octanol–water partition coefficient (Wildman–Crippen LogP) is 4.34. The fourth-order valence-electron chi connectivity index (χ4n) is 3.03. The van der Waals surface area contributed by atoms with Crippen LogP contribution in [0.3, 0.4) is 0 Å². The Balaban J connectivity index is 1.33. The Labute approximate surface area is 170 Å². The maximum Gasteiger partial charge on any atom is 0.277 e. The second-order valence-corrected chi connectivity index (χ2v) is 8.51. The van der Waals surface area contributed by atoms with Crippen molar-refractivity contribution in [3.05, 3.63) is 45.9 Å². The SMILES string of the molecule is O=C(CSc1nnc(-c2ccc(Cl)cc2)o1)N1CCCC(c2nccs2)C1. The number of rotatable bonds is 5. The number of likely N-dealkylation sites (tertiary alicyclic amines) is 1. The maximum atomic E-state index is 12.6. The normalized spacial score (nSPS) is 17.2. The van der Waals surface area contributed by atoms with Gasteiger partial charge in [-0.25, -0.2) is 4.98 Å². The molecule has 1 amide bonds. The summed E-state index contributed by atoms with van der Waals surface area (Å²) in [5, 5.41) is 12.2. The van der Waals surface area contributed by atoms with Crippen LogP contribution in [-0.2, 0) is 4.79 Å². The molecule has 4 rings (SSSR count). The summed E-state index contributed by atoms with van der Waals surface area (Å²) < 4.78 is 5.65. The molecule has 140 valence electrons. The molecule has 0 saturated carbocycles. The van der Waals surface area contributed by atoms with E-state index in [1.165, 1.54) is 11.8 Å². The quantitative estimate of drug-likeness (QED) is 0.571. The number of thiazole rings is 1. The summed E-state index contributed by atoms with van der Waals surface area (Å²) in [6.07, 6.45) is 3.91. The summed E-state index contributed by atoms with van der Waals surface area (Å²) in [6.45, 7) is 1.52. The van der Waals surface area contributed by atoms with Gasteiger partial charge < -0.3 is 9.32 Å². The lowest BCUT2D eigenvalue weighted by Crippen LogP contribution is -2.40. The van der Waals surface area contributed by atoms with Crippen molar-refractivity contribution < 1.29 is 9.21 Å². The molecule has 27 heavy (non-hydrogen) atoms. The number of hydrogen-bond donors (Lipinski definition) is 0. The van der Waals surface area contributed by atoms with Gasteiger partial charge in [0.2, 0.25) is 11.8 Å². The molecule has 1 aliphatic heterocycles. The van der Waals surface area contributed by atoms with Crippen molar-refractivity contribution in [3.8, 4) is 11.5 Å².